The molecule has 0 aromatic carbocycles. The highest BCUT2D eigenvalue weighted by molar-refractivity contribution is 5.76. The Labute approximate surface area is 89.6 Å². The van der Waals surface area contributed by atoms with E-state index >= 15 is 0 Å². The quantitative estimate of drug-likeness (QED) is 0.719. The highest BCUT2D eigenvalue weighted by Crippen LogP contribution is 2.00. The normalized spacial score (nSPS) is 12.5. The Morgan fingerprint density at radius 3 is 3.00 bits per heavy atom. The van der Waals surface area contributed by atoms with Crippen LogP contribution in [0.15, 0.2) is 12.4 Å². The summed E-state index contributed by atoms with van der Waals surface area (Å²) >= 11 is 0. The molecule has 15 heavy (non-hydrogen) atoms. The average Bonchev–Trinajstić information content (AvgIpc) is 2.61. The fourth-order valence-corrected chi connectivity index (χ4v) is 1.24. The summed E-state index contributed by atoms with van der Waals surface area (Å²) in [7, 11) is 1.85. The van der Waals surface area contributed by atoms with Crippen molar-refractivity contribution in [2.45, 2.75) is 19.9 Å². The maximum Gasteiger partial charge on any atom is 0.220 e. The number of aromatic nitrogens is 2. The third kappa shape index (κ3) is 4.12. The number of carbonyl (C=O) groups excluding carboxylic acids is 1. The van der Waals surface area contributed by atoms with Crippen molar-refractivity contribution >= 4 is 5.91 Å². The van der Waals surface area contributed by atoms with Gasteiger partial charge in [0, 0.05) is 31.8 Å². The molecule has 1 heterocycles. The summed E-state index contributed by atoms with van der Waals surface area (Å²) in [6, 6.07) is 0. The van der Waals surface area contributed by atoms with E-state index in [9.17, 15) is 4.79 Å². The van der Waals surface area contributed by atoms with Crippen LogP contribution in [0.25, 0.3) is 0 Å². The molecule has 1 rings (SSSR count). The predicted octanol–water partition coefficient (Wildman–Crippen LogP) is 0.0212. The van der Waals surface area contributed by atoms with E-state index in [0.717, 1.165) is 5.56 Å². The number of aryl methyl sites for hydroxylation is 1. The topological polar surface area (TPSA) is 72.9 Å². The second-order valence-electron chi connectivity index (χ2n) is 3.84. The van der Waals surface area contributed by atoms with Crippen LogP contribution >= 0.6 is 0 Å². The molecular weight excluding hydrogens is 192 g/mol. The van der Waals surface area contributed by atoms with E-state index < -0.39 is 0 Å². The molecule has 1 amide bonds. The molecule has 0 saturated heterocycles. The van der Waals surface area contributed by atoms with Crippen molar-refractivity contribution in [2.75, 3.05) is 6.54 Å². The molecule has 5 heteroatoms. The van der Waals surface area contributed by atoms with Gasteiger partial charge < -0.3 is 11.1 Å². The molecule has 84 valence electrons. The Hall–Kier alpha value is -1.36. The molecular formula is C10H18N4O. The first-order valence-corrected chi connectivity index (χ1v) is 5.06. The van der Waals surface area contributed by atoms with Gasteiger partial charge in [0.15, 0.2) is 0 Å². The van der Waals surface area contributed by atoms with Crippen LogP contribution in [0.3, 0.4) is 0 Å². The monoisotopic (exact) mass is 210 g/mol. The number of hydrogen-bond donors (Lipinski definition) is 2. The maximum absolute atomic E-state index is 11.4. The summed E-state index contributed by atoms with van der Waals surface area (Å²) in [5, 5.41) is 6.85. The van der Waals surface area contributed by atoms with Crippen LogP contribution in [0.2, 0.25) is 0 Å². The lowest BCUT2D eigenvalue weighted by atomic mass is 10.1. The number of carbonyl (C=O) groups is 1. The molecule has 0 aliphatic heterocycles. The van der Waals surface area contributed by atoms with E-state index in [1.54, 1.807) is 10.9 Å². The van der Waals surface area contributed by atoms with Gasteiger partial charge in [-0.05, 0) is 12.5 Å². The van der Waals surface area contributed by atoms with Crippen molar-refractivity contribution in [2.24, 2.45) is 18.7 Å². The predicted molar refractivity (Wildman–Crippen MR) is 57.9 cm³/mol. The van der Waals surface area contributed by atoms with Crippen LogP contribution in [0.4, 0.5) is 0 Å². The van der Waals surface area contributed by atoms with Gasteiger partial charge >= 0.3 is 0 Å². The lowest BCUT2D eigenvalue weighted by Crippen LogP contribution is -2.26. The van der Waals surface area contributed by atoms with Crippen LogP contribution in [0.1, 0.15) is 18.9 Å². The van der Waals surface area contributed by atoms with Crippen molar-refractivity contribution in [3.05, 3.63) is 18.0 Å². The minimum Gasteiger partial charge on any atom is -0.352 e. The first-order valence-electron chi connectivity index (χ1n) is 5.06. The number of nitrogens with two attached hydrogens (primary N) is 1. The molecule has 0 aliphatic rings. The molecule has 1 atom stereocenters. The molecule has 0 fully saturated rings. The Morgan fingerprint density at radius 1 is 1.73 bits per heavy atom. The van der Waals surface area contributed by atoms with E-state index in [-0.39, 0.29) is 11.8 Å². The van der Waals surface area contributed by atoms with Gasteiger partial charge in [-0.25, -0.2) is 0 Å². The number of amides is 1. The second-order valence-corrected chi connectivity index (χ2v) is 3.84. The zero-order valence-electron chi connectivity index (χ0n) is 9.23. The van der Waals surface area contributed by atoms with Gasteiger partial charge in [-0.15, -0.1) is 0 Å². The van der Waals surface area contributed by atoms with Gasteiger partial charge in [-0.2, -0.15) is 5.10 Å². The molecule has 0 spiro atoms. The zero-order chi connectivity index (χ0) is 11.3. The lowest BCUT2D eigenvalue weighted by Gasteiger charge is -2.07. The molecule has 0 bridgehead atoms. The van der Waals surface area contributed by atoms with E-state index in [2.05, 4.69) is 10.4 Å². The maximum atomic E-state index is 11.4. The molecule has 0 radical (unpaired) electrons. The van der Waals surface area contributed by atoms with Gasteiger partial charge in [0.05, 0.1) is 6.20 Å². The number of rotatable bonds is 5. The van der Waals surface area contributed by atoms with E-state index in [4.69, 9.17) is 5.73 Å². The third-order valence-electron chi connectivity index (χ3n) is 2.18. The molecule has 0 aliphatic carbocycles. The van der Waals surface area contributed by atoms with Gasteiger partial charge in [-0.1, -0.05) is 6.92 Å². The fourth-order valence-electron chi connectivity index (χ4n) is 1.24. The lowest BCUT2D eigenvalue weighted by molar-refractivity contribution is -0.122. The smallest absolute Gasteiger partial charge is 0.220 e. The Bertz CT molecular complexity index is 321. The SMILES string of the molecule is CC(CN)CC(=O)NCc1cnn(C)c1. The second kappa shape index (κ2) is 5.50. The largest absolute Gasteiger partial charge is 0.352 e. The number of hydrogen-bond acceptors (Lipinski definition) is 3. The van der Waals surface area contributed by atoms with Crippen LogP contribution in [-0.4, -0.2) is 22.2 Å². The van der Waals surface area contributed by atoms with Crippen molar-refractivity contribution in [3.8, 4) is 0 Å². The standard InChI is InChI=1S/C10H18N4O/c1-8(4-11)3-10(15)12-5-9-6-13-14(2)7-9/h6-8H,3-5,11H2,1-2H3,(H,12,15). The molecule has 1 aromatic heterocycles. The average molecular weight is 210 g/mol. The first-order chi connectivity index (χ1) is 7.11. The van der Waals surface area contributed by atoms with Crippen molar-refractivity contribution in [1.29, 1.82) is 0 Å². The Kier molecular flexibility index (Phi) is 4.30. The van der Waals surface area contributed by atoms with E-state index in [1.165, 1.54) is 0 Å². The van der Waals surface area contributed by atoms with Gasteiger partial charge in [-0.3, -0.25) is 9.48 Å². The molecule has 3 N–H and O–H groups in total. The minimum absolute atomic E-state index is 0.0387. The molecule has 0 saturated carbocycles. The number of nitrogens with one attached hydrogen (secondary N) is 1. The Balaban J connectivity index is 2.28. The summed E-state index contributed by atoms with van der Waals surface area (Å²) in [4.78, 5) is 11.4. The molecule has 5 nitrogen and oxygen atoms in total. The third-order valence-corrected chi connectivity index (χ3v) is 2.18. The summed E-state index contributed by atoms with van der Waals surface area (Å²) in [6.45, 7) is 3.04. The highest BCUT2D eigenvalue weighted by atomic mass is 16.1. The first kappa shape index (κ1) is 11.7. The van der Waals surface area contributed by atoms with Gasteiger partial charge in [0.25, 0.3) is 0 Å². The van der Waals surface area contributed by atoms with Crippen LogP contribution in [0.5, 0.6) is 0 Å². The van der Waals surface area contributed by atoms with E-state index in [0.29, 0.717) is 19.5 Å². The summed E-state index contributed by atoms with van der Waals surface area (Å²) in [6.07, 6.45) is 4.11. The van der Waals surface area contributed by atoms with Gasteiger partial charge in [0.1, 0.15) is 0 Å². The summed E-state index contributed by atoms with van der Waals surface area (Å²) < 4.78 is 1.71. The fraction of sp³-hybridized carbons (Fsp3) is 0.600. The molecule has 1 unspecified atom stereocenters. The zero-order valence-corrected chi connectivity index (χ0v) is 9.23. The molecule has 1 aromatic rings. The summed E-state index contributed by atoms with van der Waals surface area (Å²) in [5.41, 5.74) is 6.44. The van der Waals surface area contributed by atoms with Crippen molar-refractivity contribution in [1.82, 2.24) is 15.1 Å². The van der Waals surface area contributed by atoms with Crippen LogP contribution in [0, 0.1) is 5.92 Å². The number of nitrogens with zero attached hydrogens (tertiary/aromatic N) is 2. The van der Waals surface area contributed by atoms with Crippen molar-refractivity contribution in [3.63, 3.8) is 0 Å². The van der Waals surface area contributed by atoms with Crippen LogP contribution < -0.4 is 11.1 Å². The Morgan fingerprint density at radius 2 is 2.47 bits per heavy atom. The van der Waals surface area contributed by atoms with Crippen molar-refractivity contribution < 1.29 is 4.79 Å². The van der Waals surface area contributed by atoms with E-state index in [1.807, 2.05) is 20.2 Å². The van der Waals surface area contributed by atoms with Gasteiger partial charge in [0.2, 0.25) is 5.91 Å². The minimum atomic E-state index is 0.0387. The van der Waals surface area contributed by atoms with Crippen LogP contribution in [-0.2, 0) is 18.4 Å². The summed E-state index contributed by atoms with van der Waals surface area (Å²) in [5.74, 6) is 0.274. The highest BCUT2D eigenvalue weighted by Gasteiger charge is 2.07.